The van der Waals surface area contributed by atoms with Gasteiger partial charge >= 0.3 is 0 Å². The lowest BCUT2D eigenvalue weighted by Gasteiger charge is -2.31. The van der Waals surface area contributed by atoms with Crippen molar-refractivity contribution in [2.24, 2.45) is 11.1 Å². The highest BCUT2D eigenvalue weighted by Crippen LogP contribution is 2.39. The van der Waals surface area contributed by atoms with Crippen molar-refractivity contribution in [2.45, 2.75) is 32.1 Å². The number of thiocarbonyl (C=S) groups is 1. The maximum atomic E-state index is 12.5. The van der Waals surface area contributed by atoms with Gasteiger partial charge in [0.1, 0.15) is 0 Å². The molecule has 1 rings (SSSR count). The molecule has 0 saturated heterocycles. The number of amides is 1. The van der Waals surface area contributed by atoms with Crippen molar-refractivity contribution in [2.75, 3.05) is 34.2 Å². The van der Waals surface area contributed by atoms with Crippen LogP contribution in [-0.2, 0) is 4.79 Å². The van der Waals surface area contributed by atoms with E-state index in [4.69, 9.17) is 18.0 Å². The second-order valence-corrected chi connectivity index (χ2v) is 5.98. The summed E-state index contributed by atoms with van der Waals surface area (Å²) in [6, 6.07) is 0. The second-order valence-electron chi connectivity index (χ2n) is 5.54. The molecule has 0 aromatic rings. The fraction of sp³-hybridized carbons (Fsp3) is 0.846. The Hall–Kier alpha value is -0.680. The van der Waals surface area contributed by atoms with E-state index in [-0.39, 0.29) is 5.91 Å². The van der Waals surface area contributed by atoms with Crippen LogP contribution in [0.1, 0.15) is 32.1 Å². The lowest BCUT2D eigenvalue weighted by atomic mass is 9.84. The lowest BCUT2D eigenvalue weighted by molar-refractivity contribution is -0.136. The molecule has 104 valence electrons. The van der Waals surface area contributed by atoms with Gasteiger partial charge in [-0.3, -0.25) is 4.79 Å². The highest BCUT2D eigenvalue weighted by Gasteiger charge is 2.45. The number of carbonyl (C=O) groups excluding carboxylic acids is 1. The van der Waals surface area contributed by atoms with Crippen molar-refractivity contribution < 1.29 is 4.79 Å². The van der Waals surface area contributed by atoms with Crippen molar-refractivity contribution in [3.8, 4) is 0 Å². The van der Waals surface area contributed by atoms with Crippen molar-refractivity contribution in [1.29, 1.82) is 0 Å². The average molecular weight is 271 g/mol. The number of carbonyl (C=O) groups is 1. The van der Waals surface area contributed by atoms with Gasteiger partial charge in [-0.2, -0.15) is 0 Å². The van der Waals surface area contributed by atoms with Crippen molar-refractivity contribution in [1.82, 2.24) is 9.80 Å². The lowest BCUT2D eigenvalue weighted by Crippen LogP contribution is -2.48. The van der Waals surface area contributed by atoms with Crippen LogP contribution in [-0.4, -0.2) is 54.9 Å². The van der Waals surface area contributed by atoms with E-state index in [1.165, 1.54) is 0 Å². The van der Waals surface area contributed by atoms with Crippen LogP contribution in [0.5, 0.6) is 0 Å². The van der Waals surface area contributed by atoms with Gasteiger partial charge in [-0.1, -0.05) is 25.1 Å². The molecule has 0 bridgehead atoms. The van der Waals surface area contributed by atoms with Crippen LogP contribution >= 0.6 is 12.2 Å². The van der Waals surface area contributed by atoms with E-state index >= 15 is 0 Å². The normalized spacial score (nSPS) is 18.0. The molecular weight excluding hydrogens is 246 g/mol. The summed E-state index contributed by atoms with van der Waals surface area (Å²) >= 11 is 5.14. The van der Waals surface area contributed by atoms with E-state index in [0.717, 1.165) is 45.2 Å². The minimum absolute atomic E-state index is 0.117. The van der Waals surface area contributed by atoms with Gasteiger partial charge in [0.2, 0.25) is 5.91 Å². The molecule has 0 unspecified atom stereocenters. The first-order valence-electron chi connectivity index (χ1n) is 6.60. The van der Waals surface area contributed by atoms with Gasteiger partial charge in [0.25, 0.3) is 0 Å². The van der Waals surface area contributed by atoms with E-state index < -0.39 is 5.41 Å². The zero-order valence-corrected chi connectivity index (χ0v) is 12.6. The summed E-state index contributed by atoms with van der Waals surface area (Å²) in [4.78, 5) is 16.8. The third kappa shape index (κ3) is 3.42. The van der Waals surface area contributed by atoms with Crippen molar-refractivity contribution >= 4 is 23.1 Å². The number of rotatable bonds is 6. The van der Waals surface area contributed by atoms with Crippen LogP contribution in [0.2, 0.25) is 0 Å². The monoisotopic (exact) mass is 271 g/mol. The standard InChI is InChI=1S/C13H25N3OS/c1-15(2)9-6-10-16(3)12(17)13(11(14)18)7-4-5-8-13/h4-10H2,1-3H3,(H2,14,18). The second kappa shape index (κ2) is 6.48. The molecule has 18 heavy (non-hydrogen) atoms. The summed E-state index contributed by atoms with van der Waals surface area (Å²) in [5, 5.41) is 0. The molecule has 0 heterocycles. The Balaban J connectivity index is 2.58. The summed E-state index contributed by atoms with van der Waals surface area (Å²) in [5.41, 5.74) is 5.27. The van der Waals surface area contributed by atoms with Crippen LogP contribution in [0, 0.1) is 5.41 Å². The average Bonchev–Trinajstić information content (AvgIpc) is 2.77. The smallest absolute Gasteiger partial charge is 0.235 e. The zero-order valence-electron chi connectivity index (χ0n) is 11.7. The Bertz CT molecular complexity index is 311. The van der Waals surface area contributed by atoms with Crippen LogP contribution < -0.4 is 5.73 Å². The highest BCUT2D eigenvalue weighted by molar-refractivity contribution is 7.80. The summed E-state index contributed by atoms with van der Waals surface area (Å²) in [6.45, 7) is 1.75. The molecule has 1 aliphatic carbocycles. The SMILES string of the molecule is CN(C)CCCN(C)C(=O)C1(C(N)=S)CCCC1. The predicted octanol–water partition coefficient (Wildman–Crippen LogP) is 1.24. The quantitative estimate of drug-likeness (QED) is 0.739. The molecule has 0 aliphatic heterocycles. The minimum Gasteiger partial charge on any atom is -0.392 e. The molecule has 1 amide bonds. The molecular formula is C13H25N3OS. The Kier molecular flexibility index (Phi) is 5.53. The molecule has 1 aliphatic rings. The fourth-order valence-corrected chi connectivity index (χ4v) is 2.93. The molecule has 0 radical (unpaired) electrons. The van der Waals surface area contributed by atoms with E-state index in [2.05, 4.69) is 4.90 Å². The first kappa shape index (κ1) is 15.4. The van der Waals surface area contributed by atoms with E-state index in [9.17, 15) is 4.79 Å². The summed E-state index contributed by atoms with van der Waals surface area (Å²) in [7, 11) is 5.93. The summed E-state index contributed by atoms with van der Waals surface area (Å²) < 4.78 is 0. The summed E-state index contributed by atoms with van der Waals surface area (Å²) in [5.74, 6) is 0.117. The molecule has 0 atom stereocenters. The topological polar surface area (TPSA) is 49.6 Å². The van der Waals surface area contributed by atoms with Gasteiger partial charge in [0.15, 0.2) is 0 Å². The van der Waals surface area contributed by atoms with Crippen molar-refractivity contribution in [3.05, 3.63) is 0 Å². The number of hydrogen-bond acceptors (Lipinski definition) is 3. The maximum Gasteiger partial charge on any atom is 0.235 e. The third-order valence-electron chi connectivity index (χ3n) is 3.78. The Morgan fingerprint density at radius 3 is 2.22 bits per heavy atom. The van der Waals surface area contributed by atoms with E-state index in [0.29, 0.717) is 4.99 Å². The molecule has 2 N–H and O–H groups in total. The molecule has 1 saturated carbocycles. The van der Waals surface area contributed by atoms with Crippen LogP contribution in [0.15, 0.2) is 0 Å². The molecule has 0 aromatic heterocycles. The van der Waals surface area contributed by atoms with Crippen LogP contribution in [0.4, 0.5) is 0 Å². The minimum atomic E-state index is -0.553. The van der Waals surface area contributed by atoms with E-state index in [1.54, 1.807) is 4.90 Å². The first-order chi connectivity index (χ1) is 8.40. The molecule has 4 nitrogen and oxygen atoms in total. The third-order valence-corrected chi connectivity index (χ3v) is 4.17. The highest BCUT2D eigenvalue weighted by atomic mass is 32.1. The molecule has 5 heteroatoms. The maximum absolute atomic E-state index is 12.5. The van der Waals surface area contributed by atoms with Gasteiger partial charge in [-0.15, -0.1) is 0 Å². The predicted molar refractivity (Wildman–Crippen MR) is 78.5 cm³/mol. The zero-order chi connectivity index (χ0) is 13.8. The van der Waals surface area contributed by atoms with Gasteiger partial charge in [0, 0.05) is 13.6 Å². The van der Waals surface area contributed by atoms with Crippen molar-refractivity contribution in [3.63, 3.8) is 0 Å². The van der Waals surface area contributed by atoms with Crippen LogP contribution in [0.3, 0.4) is 0 Å². The Labute approximate surface area is 115 Å². The first-order valence-corrected chi connectivity index (χ1v) is 7.01. The molecule has 0 aromatic carbocycles. The summed E-state index contributed by atoms with van der Waals surface area (Å²) in [6.07, 6.45) is 4.71. The molecule has 1 fully saturated rings. The largest absolute Gasteiger partial charge is 0.392 e. The van der Waals surface area contributed by atoms with Gasteiger partial charge in [-0.05, 0) is 39.9 Å². The van der Waals surface area contributed by atoms with Gasteiger partial charge < -0.3 is 15.5 Å². The number of nitrogens with two attached hydrogens (primary N) is 1. The Morgan fingerprint density at radius 2 is 1.78 bits per heavy atom. The molecule has 0 spiro atoms. The van der Waals surface area contributed by atoms with Crippen LogP contribution in [0.25, 0.3) is 0 Å². The number of hydrogen-bond donors (Lipinski definition) is 1. The van der Waals surface area contributed by atoms with E-state index in [1.807, 2.05) is 21.1 Å². The van der Waals surface area contributed by atoms with Gasteiger partial charge in [0.05, 0.1) is 10.4 Å². The number of nitrogens with zero attached hydrogens (tertiary/aromatic N) is 2. The Morgan fingerprint density at radius 1 is 1.22 bits per heavy atom. The van der Waals surface area contributed by atoms with Gasteiger partial charge in [-0.25, -0.2) is 0 Å². The fourth-order valence-electron chi connectivity index (χ4n) is 2.64.